The number of rotatable bonds is 1. The molecular weight excluding hydrogens is 213 g/mol. The number of carbonyl (C=O) groups is 2. The Labute approximate surface area is 82.7 Å². The molecule has 1 N–H and O–H groups in total. The van der Waals surface area contributed by atoms with Crippen LogP contribution in [0.3, 0.4) is 0 Å². The molecule has 0 aromatic carbocycles. The summed E-state index contributed by atoms with van der Waals surface area (Å²) in [6, 6.07) is 1.30. The molecular formula is C8H7F3N2O2. The van der Waals surface area contributed by atoms with E-state index < -0.39 is 18.0 Å². The molecule has 1 aromatic rings. The summed E-state index contributed by atoms with van der Waals surface area (Å²) in [5, 5.41) is 1.23. The molecule has 0 spiro atoms. The number of aromatic nitrogens is 1. The topological polar surface area (TPSA) is 51.1 Å². The Morgan fingerprint density at radius 2 is 2.00 bits per heavy atom. The van der Waals surface area contributed by atoms with Crippen molar-refractivity contribution in [3.05, 3.63) is 24.0 Å². The summed E-state index contributed by atoms with van der Waals surface area (Å²) < 4.78 is 36.8. The number of nitrogens with zero attached hydrogens (tertiary/aromatic N) is 1. The van der Waals surface area contributed by atoms with Crippen LogP contribution in [0.15, 0.2) is 18.5 Å². The number of hydrogen-bond donors (Lipinski definition) is 1. The van der Waals surface area contributed by atoms with Crippen molar-refractivity contribution in [2.75, 3.05) is 0 Å². The molecule has 0 aliphatic carbocycles. The number of alkyl halides is 3. The summed E-state index contributed by atoms with van der Waals surface area (Å²) in [6.45, 7) is 0. The molecule has 1 rings (SSSR count). The van der Waals surface area contributed by atoms with Crippen molar-refractivity contribution >= 4 is 11.8 Å². The fourth-order valence-electron chi connectivity index (χ4n) is 0.884. The maximum absolute atomic E-state index is 11.8. The highest BCUT2D eigenvalue weighted by molar-refractivity contribution is 6.06. The van der Waals surface area contributed by atoms with Gasteiger partial charge in [-0.1, -0.05) is 0 Å². The van der Waals surface area contributed by atoms with Gasteiger partial charge in [-0.3, -0.25) is 14.9 Å². The average Bonchev–Trinajstić information content (AvgIpc) is 2.50. The molecule has 0 fully saturated rings. The second-order valence-electron chi connectivity index (χ2n) is 2.85. The number of imide groups is 1. The van der Waals surface area contributed by atoms with Crippen LogP contribution >= 0.6 is 0 Å². The Balaban J connectivity index is 2.69. The number of hydrogen-bond acceptors (Lipinski definition) is 2. The molecule has 2 amide bonds. The lowest BCUT2D eigenvalue weighted by Crippen LogP contribution is -2.40. The van der Waals surface area contributed by atoms with E-state index in [0.29, 0.717) is 0 Å². The lowest BCUT2D eigenvalue weighted by Gasteiger charge is -2.05. The second-order valence-corrected chi connectivity index (χ2v) is 2.85. The average molecular weight is 220 g/mol. The van der Waals surface area contributed by atoms with Crippen LogP contribution < -0.4 is 5.32 Å². The molecule has 0 unspecified atom stereocenters. The molecule has 1 heterocycles. The standard InChI is InChI=1S/C8H7F3N2O2/c1-13-3-2-5(4-13)6(14)12-7(15)8(9,10)11/h2-4H,1H3,(H,12,14,15). The van der Waals surface area contributed by atoms with Gasteiger partial charge in [0.15, 0.2) is 0 Å². The third-order valence-corrected chi connectivity index (χ3v) is 1.58. The summed E-state index contributed by atoms with van der Waals surface area (Å²) in [6.07, 6.45) is -2.27. The molecule has 0 atom stereocenters. The summed E-state index contributed by atoms with van der Waals surface area (Å²) in [5.41, 5.74) is -0.00454. The Morgan fingerprint density at radius 3 is 2.40 bits per heavy atom. The largest absolute Gasteiger partial charge is 0.471 e. The van der Waals surface area contributed by atoms with Gasteiger partial charge in [-0.25, -0.2) is 0 Å². The number of halogens is 3. The molecule has 4 nitrogen and oxygen atoms in total. The first-order chi connectivity index (χ1) is 6.80. The SMILES string of the molecule is Cn1ccc(C(=O)NC(=O)C(F)(F)F)c1. The van der Waals surface area contributed by atoms with Crippen LogP contribution in [0.2, 0.25) is 0 Å². The van der Waals surface area contributed by atoms with E-state index in [4.69, 9.17) is 0 Å². The van der Waals surface area contributed by atoms with Gasteiger partial charge in [-0.15, -0.1) is 0 Å². The van der Waals surface area contributed by atoms with E-state index in [1.807, 2.05) is 0 Å². The highest BCUT2D eigenvalue weighted by atomic mass is 19.4. The zero-order valence-corrected chi connectivity index (χ0v) is 7.63. The Morgan fingerprint density at radius 1 is 1.40 bits per heavy atom. The predicted molar refractivity (Wildman–Crippen MR) is 43.9 cm³/mol. The van der Waals surface area contributed by atoms with Crippen molar-refractivity contribution in [3.63, 3.8) is 0 Å². The van der Waals surface area contributed by atoms with Gasteiger partial charge < -0.3 is 4.57 Å². The Hall–Kier alpha value is -1.79. The zero-order valence-electron chi connectivity index (χ0n) is 7.63. The third-order valence-electron chi connectivity index (χ3n) is 1.58. The molecule has 7 heteroatoms. The normalized spacial score (nSPS) is 11.2. The van der Waals surface area contributed by atoms with Gasteiger partial charge in [-0.2, -0.15) is 13.2 Å². The van der Waals surface area contributed by atoms with E-state index in [-0.39, 0.29) is 5.56 Å². The van der Waals surface area contributed by atoms with E-state index in [0.717, 1.165) is 0 Å². The van der Waals surface area contributed by atoms with E-state index >= 15 is 0 Å². The van der Waals surface area contributed by atoms with Gasteiger partial charge in [0.1, 0.15) is 0 Å². The minimum atomic E-state index is -5.05. The molecule has 0 aliphatic rings. The number of aryl methyl sites for hydroxylation is 1. The molecule has 1 aromatic heterocycles. The van der Waals surface area contributed by atoms with Crippen molar-refractivity contribution in [1.29, 1.82) is 0 Å². The quantitative estimate of drug-likeness (QED) is 0.762. The summed E-state index contributed by atoms with van der Waals surface area (Å²) in [7, 11) is 1.60. The molecule has 0 bridgehead atoms. The van der Waals surface area contributed by atoms with Crippen LogP contribution in [0.5, 0.6) is 0 Å². The van der Waals surface area contributed by atoms with Crippen molar-refractivity contribution in [2.45, 2.75) is 6.18 Å². The summed E-state index contributed by atoms with van der Waals surface area (Å²) in [5.74, 6) is -3.34. The van der Waals surface area contributed by atoms with Crippen LogP contribution in [0, 0.1) is 0 Å². The van der Waals surface area contributed by atoms with Gasteiger partial charge in [0.2, 0.25) is 0 Å². The van der Waals surface area contributed by atoms with Crippen molar-refractivity contribution < 1.29 is 22.8 Å². The number of carbonyl (C=O) groups excluding carboxylic acids is 2. The minimum Gasteiger partial charge on any atom is -0.356 e. The monoisotopic (exact) mass is 220 g/mol. The molecule has 0 aliphatic heterocycles. The highest BCUT2D eigenvalue weighted by Crippen LogP contribution is 2.14. The Kier molecular flexibility index (Phi) is 2.83. The van der Waals surface area contributed by atoms with Gasteiger partial charge in [0, 0.05) is 19.4 Å². The van der Waals surface area contributed by atoms with Gasteiger partial charge in [0.25, 0.3) is 5.91 Å². The second kappa shape index (κ2) is 3.76. The molecule has 0 saturated heterocycles. The van der Waals surface area contributed by atoms with Crippen LogP contribution in [-0.2, 0) is 11.8 Å². The van der Waals surface area contributed by atoms with Gasteiger partial charge in [-0.05, 0) is 6.07 Å². The zero-order chi connectivity index (χ0) is 11.6. The lowest BCUT2D eigenvalue weighted by molar-refractivity contribution is -0.172. The number of nitrogens with one attached hydrogen (secondary N) is 1. The summed E-state index contributed by atoms with van der Waals surface area (Å²) >= 11 is 0. The van der Waals surface area contributed by atoms with Crippen LogP contribution in [0.25, 0.3) is 0 Å². The fraction of sp³-hybridized carbons (Fsp3) is 0.250. The van der Waals surface area contributed by atoms with E-state index in [2.05, 4.69) is 0 Å². The first-order valence-electron chi connectivity index (χ1n) is 3.85. The Bertz CT molecular complexity index is 395. The van der Waals surface area contributed by atoms with E-state index in [1.165, 1.54) is 28.3 Å². The molecule has 82 valence electrons. The van der Waals surface area contributed by atoms with Gasteiger partial charge >= 0.3 is 12.1 Å². The summed E-state index contributed by atoms with van der Waals surface area (Å²) in [4.78, 5) is 21.5. The lowest BCUT2D eigenvalue weighted by atomic mass is 10.3. The number of amides is 2. The van der Waals surface area contributed by atoms with Crippen molar-refractivity contribution in [1.82, 2.24) is 9.88 Å². The van der Waals surface area contributed by atoms with Crippen LogP contribution in [-0.4, -0.2) is 22.6 Å². The first-order valence-corrected chi connectivity index (χ1v) is 3.85. The maximum atomic E-state index is 11.8. The third kappa shape index (κ3) is 2.83. The van der Waals surface area contributed by atoms with Crippen molar-refractivity contribution in [2.24, 2.45) is 7.05 Å². The van der Waals surface area contributed by atoms with Crippen LogP contribution in [0.1, 0.15) is 10.4 Å². The smallest absolute Gasteiger partial charge is 0.356 e. The fourth-order valence-corrected chi connectivity index (χ4v) is 0.884. The minimum absolute atomic E-state index is 0.00454. The maximum Gasteiger partial charge on any atom is 0.471 e. The van der Waals surface area contributed by atoms with Gasteiger partial charge in [0.05, 0.1) is 5.56 Å². The van der Waals surface area contributed by atoms with Crippen molar-refractivity contribution in [3.8, 4) is 0 Å². The molecule has 15 heavy (non-hydrogen) atoms. The van der Waals surface area contributed by atoms with Crippen LogP contribution in [0.4, 0.5) is 13.2 Å². The first kappa shape index (κ1) is 11.3. The molecule has 0 radical (unpaired) electrons. The highest BCUT2D eigenvalue weighted by Gasteiger charge is 2.39. The van der Waals surface area contributed by atoms with E-state index in [1.54, 1.807) is 7.05 Å². The molecule has 0 saturated carbocycles. The predicted octanol–water partition coefficient (Wildman–Crippen LogP) is 0.844. The van der Waals surface area contributed by atoms with E-state index in [9.17, 15) is 22.8 Å².